The molecule has 2 aromatic carbocycles. The molecule has 2 nitrogen and oxygen atoms in total. The van der Waals surface area contributed by atoms with E-state index in [1.165, 1.54) is 9.13 Å². The Morgan fingerprint density at radius 1 is 1.14 bits per heavy atom. The van der Waals surface area contributed by atoms with Gasteiger partial charge in [-0.1, -0.05) is 46.3 Å². The average Bonchev–Trinajstić information content (AvgIpc) is 2.47. The fourth-order valence-electron chi connectivity index (χ4n) is 2.06. The van der Waals surface area contributed by atoms with E-state index >= 15 is 0 Å². The minimum Gasteiger partial charge on any atom is -0.299 e. The molecule has 0 aliphatic heterocycles. The van der Waals surface area contributed by atoms with Crippen LogP contribution in [0.3, 0.4) is 0 Å². The Hall–Kier alpha value is -0.720. The van der Waals surface area contributed by atoms with Crippen molar-refractivity contribution >= 4 is 44.3 Å². The summed E-state index contributed by atoms with van der Waals surface area (Å²) in [5.74, 6) is 0.160. The zero-order chi connectivity index (χ0) is 15.2. The smallest absolute Gasteiger partial charge is 0.176 e. The van der Waals surface area contributed by atoms with E-state index in [4.69, 9.17) is 0 Å². The lowest BCUT2D eigenvalue weighted by molar-refractivity contribution is 0.0947. The normalized spacial score (nSPS) is 10.9. The molecule has 0 aliphatic carbocycles. The van der Waals surface area contributed by atoms with Gasteiger partial charge in [-0.3, -0.25) is 9.69 Å². The van der Waals surface area contributed by atoms with Gasteiger partial charge in [0.15, 0.2) is 5.78 Å². The quantitative estimate of drug-likeness (QED) is 0.473. The Kier molecular flexibility index (Phi) is 6.39. The van der Waals surface area contributed by atoms with Crippen LogP contribution in [0.25, 0.3) is 0 Å². The predicted octanol–water partition coefficient (Wildman–Crippen LogP) is 4.41. The van der Waals surface area contributed by atoms with E-state index in [0.717, 1.165) is 23.0 Å². The van der Waals surface area contributed by atoms with Crippen molar-refractivity contribution in [3.63, 3.8) is 0 Å². The third-order valence-corrected chi connectivity index (χ3v) is 4.88. The summed E-state index contributed by atoms with van der Waals surface area (Å²) >= 11 is 5.74. The summed E-state index contributed by atoms with van der Waals surface area (Å²) in [6.07, 6.45) is 0.962. The van der Waals surface area contributed by atoms with Crippen molar-refractivity contribution in [2.24, 2.45) is 0 Å². The second-order valence-corrected chi connectivity index (χ2v) is 7.09. The van der Waals surface area contributed by atoms with Crippen molar-refractivity contribution in [2.75, 3.05) is 20.1 Å². The van der Waals surface area contributed by atoms with E-state index in [-0.39, 0.29) is 5.78 Å². The van der Waals surface area contributed by atoms with E-state index in [1.807, 2.05) is 37.4 Å². The van der Waals surface area contributed by atoms with Crippen LogP contribution >= 0.6 is 38.5 Å². The van der Waals surface area contributed by atoms with Crippen LogP contribution in [0.5, 0.6) is 0 Å². The van der Waals surface area contributed by atoms with Gasteiger partial charge in [-0.25, -0.2) is 0 Å². The third-order valence-electron chi connectivity index (χ3n) is 3.30. The van der Waals surface area contributed by atoms with Crippen molar-refractivity contribution in [1.29, 1.82) is 0 Å². The van der Waals surface area contributed by atoms with Crippen LogP contribution in [0.4, 0.5) is 0 Å². The first-order valence-corrected chi connectivity index (χ1v) is 8.64. The molecule has 0 spiro atoms. The summed E-state index contributed by atoms with van der Waals surface area (Å²) in [6.45, 7) is 1.33. The number of halogens is 2. The zero-order valence-corrected chi connectivity index (χ0v) is 15.6. The molecule has 0 heterocycles. The number of hydrogen-bond donors (Lipinski definition) is 0. The molecule has 0 unspecified atom stereocenters. The summed E-state index contributed by atoms with van der Waals surface area (Å²) in [5.41, 5.74) is 2.10. The van der Waals surface area contributed by atoms with Crippen LogP contribution in [0.1, 0.15) is 15.9 Å². The van der Waals surface area contributed by atoms with Crippen molar-refractivity contribution in [1.82, 2.24) is 4.90 Å². The molecule has 0 radical (unpaired) electrons. The Morgan fingerprint density at radius 2 is 1.81 bits per heavy atom. The molecule has 0 saturated heterocycles. The maximum absolute atomic E-state index is 12.2. The predicted molar refractivity (Wildman–Crippen MR) is 98.8 cm³/mol. The molecular formula is C17H17BrINO. The largest absolute Gasteiger partial charge is 0.299 e. The second-order valence-electron chi connectivity index (χ2n) is 5.01. The van der Waals surface area contributed by atoms with E-state index in [1.54, 1.807) is 0 Å². The Labute approximate surface area is 147 Å². The summed E-state index contributed by atoms with van der Waals surface area (Å²) in [4.78, 5) is 14.3. The molecule has 0 amide bonds. The molecule has 0 aliphatic rings. The first-order chi connectivity index (χ1) is 10.1. The highest BCUT2D eigenvalue weighted by molar-refractivity contribution is 14.1. The fourth-order valence-corrected chi connectivity index (χ4v) is 2.99. The zero-order valence-electron chi connectivity index (χ0n) is 11.9. The average molecular weight is 458 g/mol. The molecule has 0 N–H and O–H groups in total. The van der Waals surface area contributed by atoms with Gasteiger partial charge in [0.2, 0.25) is 0 Å². The lowest BCUT2D eigenvalue weighted by Crippen LogP contribution is -2.28. The highest BCUT2D eigenvalue weighted by Crippen LogP contribution is 2.13. The van der Waals surface area contributed by atoms with Gasteiger partial charge in [0.25, 0.3) is 0 Å². The van der Waals surface area contributed by atoms with Crippen molar-refractivity contribution < 1.29 is 4.79 Å². The number of rotatable bonds is 6. The van der Waals surface area contributed by atoms with Gasteiger partial charge >= 0.3 is 0 Å². The molecule has 0 atom stereocenters. The number of Topliss-reactive ketones (excluding diaryl/α,β-unsaturated/α-hetero) is 1. The van der Waals surface area contributed by atoms with Crippen LogP contribution in [-0.4, -0.2) is 30.8 Å². The highest BCUT2D eigenvalue weighted by Gasteiger charge is 2.09. The maximum Gasteiger partial charge on any atom is 0.176 e. The Balaban J connectivity index is 1.87. The first kappa shape index (κ1) is 16.6. The molecule has 2 aromatic rings. The minimum atomic E-state index is 0.160. The highest BCUT2D eigenvalue weighted by atomic mass is 127. The molecule has 0 fully saturated rings. The number of nitrogens with zero attached hydrogens (tertiary/aromatic N) is 1. The van der Waals surface area contributed by atoms with Gasteiger partial charge in [0.05, 0.1) is 6.54 Å². The van der Waals surface area contributed by atoms with Crippen LogP contribution in [-0.2, 0) is 6.42 Å². The summed E-state index contributed by atoms with van der Waals surface area (Å²) < 4.78 is 2.27. The van der Waals surface area contributed by atoms with Gasteiger partial charge in [-0.05, 0) is 59.8 Å². The van der Waals surface area contributed by atoms with Crippen LogP contribution in [0.15, 0.2) is 53.0 Å². The molecule has 4 heteroatoms. The molecule has 0 bridgehead atoms. The molecule has 0 saturated carbocycles. The lowest BCUT2D eigenvalue weighted by atomic mass is 10.1. The van der Waals surface area contributed by atoms with Gasteiger partial charge in [-0.2, -0.15) is 0 Å². The number of benzene rings is 2. The SMILES string of the molecule is CN(CCc1ccccc1I)CC(=O)c1ccc(Br)cc1. The topological polar surface area (TPSA) is 20.3 Å². The number of carbonyl (C=O) groups is 1. The van der Waals surface area contributed by atoms with Crippen LogP contribution < -0.4 is 0 Å². The van der Waals surface area contributed by atoms with Crippen LogP contribution in [0, 0.1) is 3.57 Å². The van der Waals surface area contributed by atoms with Crippen LogP contribution in [0.2, 0.25) is 0 Å². The summed E-state index contributed by atoms with van der Waals surface area (Å²) in [7, 11) is 1.99. The van der Waals surface area contributed by atoms with Gasteiger partial charge in [0.1, 0.15) is 0 Å². The van der Waals surface area contributed by atoms with Crippen molar-refractivity contribution in [3.05, 3.63) is 67.7 Å². The van der Waals surface area contributed by atoms with Gasteiger partial charge in [-0.15, -0.1) is 0 Å². The second kappa shape index (κ2) is 8.06. The molecule has 2 rings (SSSR count). The van der Waals surface area contributed by atoms with E-state index in [2.05, 4.69) is 61.6 Å². The molecule has 21 heavy (non-hydrogen) atoms. The van der Waals surface area contributed by atoms with Crippen molar-refractivity contribution in [3.8, 4) is 0 Å². The number of carbonyl (C=O) groups excluding carboxylic acids is 1. The first-order valence-electron chi connectivity index (χ1n) is 6.77. The fraction of sp³-hybridized carbons (Fsp3) is 0.235. The Bertz CT molecular complexity index is 612. The Morgan fingerprint density at radius 3 is 2.48 bits per heavy atom. The van der Waals surface area contributed by atoms with Gasteiger partial charge in [0, 0.05) is 20.2 Å². The number of likely N-dealkylation sites (N-methyl/N-ethyl adjacent to an activating group) is 1. The van der Waals surface area contributed by atoms with E-state index < -0.39 is 0 Å². The summed E-state index contributed by atoms with van der Waals surface area (Å²) in [5, 5.41) is 0. The van der Waals surface area contributed by atoms with E-state index in [0.29, 0.717) is 6.54 Å². The van der Waals surface area contributed by atoms with E-state index in [9.17, 15) is 4.79 Å². The summed E-state index contributed by atoms with van der Waals surface area (Å²) in [6, 6.07) is 15.9. The number of ketones is 1. The lowest BCUT2D eigenvalue weighted by Gasteiger charge is -2.16. The minimum absolute atomic E-state index is 0.160. The molecule has 110 valence electrons. The standard InChI is InChI=1S/C17H17BrINO/c1-20(11-10-13-4-2-3-5-16(13)19)12-17(21)14-6-8-15(18)9-7-14/h2-9H,10-12H2,1H3. The maximum atomic E-state index is 12.2. The number of hydrogen-bond acceptors (Lipinski definition) is 2. The molecule has 0 aromatic heterocycles. The third kappa shape index (κ3) is 5.20. The van der Waals surface area contributed by atoms with Crippen molar-refractivity contribution in [2.45, 2.75) is 6.42 Å². The monoisotopic (exact) mass is 457 g/mol. The van der Waals surface area contributed by atoms with Gasteiger partial charge < -0.3 is 0 Å². The molecular weight excluding hydrogens is 441 g/mol.